The molecule has 116 valence electrons. The molecule has 4 N–H and O–H groups in total. The summed E-state index contributed by atoms with van der Waals surface area (Å²) in [5.74, 6) is -0.108. The summed E-state index contributed by atoms with van der Waals surface area (Å²) in [5.41, 5.74) is 6.13. The lowest BCUT2D eigenvalue weighted by atomic mass is 9.93. The Hall–Kier alpha value is -1.30. The van der Waals surface area contributed by atoms with Crippen molar-refractivity contribution in [3.05, 3.63) is 23.2 Å². The Kier molecular flexibility index (Phi) is 4.76. The highest BCUT2D eigenvalue weighted by Crippen LogP contribution is 2.26. The van der Waals surface area contributed by atoms with Crippen LogP contribution in [-0.2, 0) is 4.79 Å². The van der Waals surface area contributed by atoms with E-state index in [9.17, 15) is 9.90 Å². The number of piperidine rings is 1. The van der Waals surface area contributed by atoms with Crippen molar-refractivity contribution in [1.29, 1.82) is 0 Å². The number of hydrogen-bond donors (Lipinski definition) is 3. The summed E-state index contributed by atoms with van der Waals surface area (Å²) >= 11 is 6.06. The Labute approximate surface area is 130 Å². The number of nitrogens with zero attached hydrogens (tertiary/aromatic N) is 1. The van der Waals surface area contributed by atoms with Crippen LogP contribution in [-0.4, -0.2) is 40.6 Å². The van der Waals surface area contributed by atoms with Gasteiger partial charge < -0.3 is 16.2 Å². The maximum absolute atomic E-state index is 12.3. The Bertz CT molecular complexity index is 524. The molecular formula is C15H22ClN3O2. The van der Waals surface area contributed by atoms with Crippen molar-refractivity contribution in [3.8, 4) is 0 Å². The predicted molar refractivity (Wildman–Crippen MR) is 85.4 cm³/mol. The van der Waals surface area contributed by atoms with Gasteiger partial charge in [0.1, 0.15) is 0 Å². The van der Waals surface area contributed by atoms with Crippen LogP contribution in [0.5, 0.6) is 0 Å². The summed E-state index contributed by atoms with van der Waals surface area (Å²) in [7, 11) is 0. The number of hydrogen-bond acceptors (Lipinski definition) is 4. The molecular weight excluding hydrogens is 290 g/mol. The molecule has 2 rings (SSSR count). The zero-order valence-corrected chi connectivity index (χ0v) is 13.2. The molecule has 1 fully saturated rings. The van der Waals surface area contributed by atoms with Gasteiger partial charge in [-0.15, -0.1) is 0 Å². The van der Waals surface area contributed by atoms with Crippen LogP contribution < -0.4 is 11.1 Å². The smallest absolute Gasteiger partial charge is 0.241 e. The molecule has 5 nitrogen and oxygen atoms in total. The van der Waals surface area contributed by atoms with Gasteiger partial charge >= 0.3 is 0 Å². The molecule has 0 bridgehead atoms. The van der Waals surface area contributed by atoms with Crippen LogP contribution >= 0.6 is 11.6 Å². The number of carbonyl (C=O) groups excluding carboxylic acids is 1. The van der Waals surface area contributed by atoms with Gasteiger partial charge in [0, 0.05) is 18.8 Å². The van der Waals surface area contributed by atoms with Crippen molar-refractivity contribution in [2.45, 2.75) is 38.3 Å². The van der Waals surface area contributed by atoms with Crippen molar-refractivity contribution in [2.24, 2.45) is 0 Å². The highest BCUT2D eigenvalue weighted by atomic mass is 35.5. The second-order valence-corrected chi connectivity index (χ2v) is 6.34. The van der Waals surface area contributed by atoms with Gasteiger partial charge in [-0.05, 0) is 44.9 Å². The number of aliphatic hydroxyl groups is 1. The molecule has 1 aromatic carbocycles. The van der Waals surface area contributed by atoms with E-state index in [0.717, 1.165) is 0 Å². The van der Waals surface area contributed by atoms with Crippen molar-refractivity contribution in [3.63, 3.8) is 0 Å². The quantitative estimate of drug-likeness (QED) is 0.747. The van der Waals surface area contributed by atoms with E-state index in [4.69, 9.17) is 17.3 Å². The van der Waals surface area contributed by atoms with E-state index in [2.05, 4.69) is 10.2 Å². The third kappa shape index (κ3) is 4.09. The van der Waals surface area contributed by atoms with Crippen molar-refractivity contribution in [1.82, 2.24) is 4.90 Å². The van der Waals surface area contributed by atoms with E-state index < -0.39 is 5.60 Å². The van der Waals surface area contributed by atoms with E-state index in [0.29, 0.717) is 42.3 Å². The molecule has 1 unspecified atom stereocenters. The lowest BCUT2D eigenvalue weighted by Crippen LogP contribution is -2.50. The zero-order valence-electron chi connectivity index (χ0n) is 12.4. The Morgan fingerprint density at radius 2 is 2.10 bits per heavy atom. The SMILES string of the molecule is CC(C(=O)Nc1ccc(N)cc1Cl)N1CCC(C)(O)CC1. The molecule has 0 aliphatic carbocycles. The molecule has 1 aliphatic rings. The molecule has 1 amide bonds. The maximum atomic E-state index is 12.3. The van der Waals surface area contributed by atoms with Crippen LogP contribution in [0.3, 0.4) is 0 Å². The number of anilines is 2. The van der Waals surface area contributed by atoms with Crippen molar-refractivity contribution < 1.29 is 9.90 Å². The maximum Gasteiger partial charge on any atom is 0.241 e. The predicted octanol–water partition coefficient (Wildman–Crippen LogP) is 2.10. The van der Waals surface area contributed by atoms with Crippen molar-refractivity contribution in [2.75, 3.05) is 24.1 Å². The largest absolute Gasteiger partial charge is 0.399 e. The molecule has 1 saturated heterocycles. The molecule has 21 heavy (non-hydrogen) atoms. The van der Waals surface area contributed by atoms with E-state index in [1.165, 1.54) is 0 Å². The van der Waals surface area contributed by atoms with Crippen LogP contribution in [0.2, 0.25) is 5.02 Å². The van der Waals surface area contributed by atoms with Gasteiger partial charge in [0.25, 0.3) is 0 Å². The van der Waals surface area contributed by atoms with E-state index in [1.54, 1.807) is 18.2 Å². The van der Waals surface area contributed by atoms with Gasteiger partial charge in [-0.25, -0.2) is 0 Å². The standard InChI is InChI=1S/C15H22ClN3O2/c1-10(19-7-5-15(2,21)6-8-19)14(20)18-13-4-3-11(17)9-12(13)16/h3-4,9-10,21H,5-8,17H2,1-2H3,(H,18,20). The summed E-state index contributed by atoms with van der Waals surface area (Å²) in [5, 5.41) is 13.2. The van der Waals surface area contributed by atoms with Gasteiger partial charge in [0.15, 0.2) is 0 Å². The first kappa shape index (κ1) is 16.1. The molecule has 6 heteroatoms. The second kappa shape index (κ2) is 6.22. The van der Waals surface area contributed by atoms with Crippen molar-refractivity contribution >= 4 is 28.9 Å². The lowest BCUT2D eigenvalue weighted by molar-refractivity contribution is -0.122. The average Bonchev–Trinajstić information content (AvgIpc) is 2.41. The monoisotopic (exact) mass is 311 g/mol. The molecule has 0 aromatic heterocycles. The summed E-state index contributed by atoms with van der Waals surface area (Å²) in [6.07, 6.45) is 1.35. The number of nitrogens with two attached hydrogens (primary N) is 1. The fourth-order valence-corrected chi connectivity index (χ4v) is 2.66. The van der Waals surface area contributed by atoms with Crippen LogP contribution in [0.15, 0.2) is 18.2 Å². The summed E-state index contributed by atoms with van der Waals surface area (Å²) in [6, 6.07) is 4.74. The lowest BCUT2D eigenvalue weighted by Gasteiger charge is -2.38. The van der Waals surface area contributed by atoms with Gasteiger partial charge in [0.2, 0.25) is 5.91 Å². The van der Waals surface area contributed by atoms with Crippen LogP contribution in [0, 0.1) is 0 Å². The third-order valence-corrected chi connectivity index (χ3v) is 4.37. The fraction of sp³-hybridized carbons (Fsp3) is 0.533. The second-order valence-electron chi connectivity index (χ2n) is 5.94. The number of likely N-dealkylation sites (tertiary alicyclic amines) is 1. The highest BCUT2D eigenvalue weighted by molar-refractivity contribution is 6.34. The number of halogens is 1. The molecule has 1 aliphatic heterocycles. The fourth-order valence-electron chi connectivity index (χ4n) is 2.43. The number of rotatable bonds is 3. The van der Waals surface area contributed by atoms with Gasteiger partial charge in [-0.2, -0.15) is 0 Å². The van der Waals surface area contributed by atoms with E-state index >= 15 is 0 Å². The molecule has 1 heterocycles. The first-order valence-corrected chi connectivity index (χ1v) is 7.49. The Morgan fingerprint density at radius 1 is 1.48 bits per heavy atom. The Balaban J connectivity index is 1.97. The molecule has 1 atom stereocenters. The third-order valence-electron chi connectivity index (χ3n) is 4.05. The summed E-state index contributed by atoms with van der Waals surface area (Å²) < 4.78 is 0. The van der Waals surface area contributed by atoms with Gasteiger partial charge in [-0.1, -0.05) is 11.6 Å². The van der Waals surface area contributed by atoms with Crippen LogP contribution in [0.1, 0.15) is 26.7 Å². The minimum absolute atomic E-state index is 0.108. The number of benzene rings is 1. The molecule has 0 radical (unpaired) electrons. The molecule has 1 aromatic rings. The average molecular weight is 312 g/mol. The normalized spacial score (nSPS) is 20.0. The number of nitrogen functional groups attached to an aromatic ring is 1. The number of nitrogens with one attached hydrogen (secondary N) is 1. The Morgan fingerprint density at radius 3 is 2.67 bits per heavy atom. The van der Waals surface area contributed by atoms with Crippen LogP contribution in [0.25, 0.3) is 0 Å². The minimum atomic E-state index is -0.618. The van der Waals surface area contributed by atoms with E-state index in [-0.39, 0.29) is 11.9 Å². The topological polar surface area (TPSA) is 78.6 Å². The first-order chi connectivity index (χ1) is 9.78. The first-order valence-electron chi connectivity index (χ1n) is 7.11. The molecule has 0 saturated carbocycles. The number of carbonyl (C=O) groups is 1. The summed E-state index contributed by atoms with van der Waals surface area (Å²) in [6.45, 7) is 5.11. The van der Waals surface area contributed by atoms with Crippen LogP contribution in [0.4, 0.5) is 11.4 Å². The zero-order chi connectivity index (χ0) is 15.6. The van der Waals surface area contributed by atoms with Gasteiger partial charge in [-0.3, -0.25) is 9.69 Å². The van der Waals surface area contributed by atoms with Gasteiger partial charge in [0.05, 0.1) is 22.4 Å². The van der Waals surface area contributed by atoms with E-state index in [1.807, 2.05) is 13.8 Å². The minimum Gasteiger partial charge on any atom is -0.399 e. The number of amides is 1. The molecule has 0 spiro atoms. The summed E-state index contributed by atoms with van der Waals surface area (Å²) in [4.78, 5) is 14.4. The highest BCUT2D eigenvalue weighted by Gasteiger charge is 2.31.